The maximum absolute atomic E-state index is 11.8. The number of nitrogens with zero attached hydrogens (tertiary/aromatic N) is 2. The summed E-state index contributed by atoms with van der Waals surface area (Å²) in [6, 6.07) is 8.78. The summed E-state index contributed by atoms with van der Waals surface area (Å²) < 4.78 is 0.742. The molecule has 1 amide bonds. The first-order valence-electron chi connectivity index (χ1n) is 5.02. The Morgan fingerprint density at radius 1 is 1.29 bits per heavy atom. The van der Waals surface area contributed by atoms with Gasteiger partial charge < -0.3 is 5.32 Å². The number of hydrogen-bond acceptors (Lipinski definition) is 3. The van der Waals surface area contributed by atoms with Gasteiger partial charge in [0.2, 0.25) is 0 Å². The van der Waals surface area contributed by atoms with Crippen molar-refractivity contribution in [1.29, 1.82) is 0 Å². The lowest BCUT2D eigenvalue weighted by atomic mass is 10.3. The molecule has 0 unspecified atom stereocenters. The molecule has 0 aliphatic carbocycles. The molecule has 0 bridgehead atoms. The van der Waals surface area contributed by atoms with Crippen molar-refractivity contribution in [2.45, 2.75) is 6.92 Å². The van der Waals surface area contributed by atoms with Crippen molar-refractivity contribution in [1.82, 2.24) is 9.97 Å². The summed E-state index contributed by atoms with van der Waals surface area (Å²) in [4.78, 5) is 20.0. The van der Waals surface area contributed by atoms with Gasteiger partial charge in [-0.3, -0.25) is 9.78 Å². The highest BCUT2D eigenvalue weighted by molar-refractivity contribution is 9.10. The third-order valence-corrected chi connectivity index (χ3v) is 2.64. The summed E-state index contributed by atoms with van der Waals surface area (Å²) in [7, 11) is 0. The highest BCUT2D eigenvalue weighted by Crippen LogP contribution is 2.16. The highest BCUT2D eigenvalue weighted by atomic mass is 79.9. The largest absolute Gasteiger partial charge is 0.319 e. The minimum absolute atomic E-state index is 0.238. The Hall–Kier alpha value is -1.75. The van der Waals surface area contributed by atoms with Crippen LogP contribution in [0.4, 0.5) is 5.69 Å². The molecule has 2 aromatic rings. The van der Waals surface area contributed by atoms with Crippen molar-refractivity contribution < 1.29 is 4.79 Å². The zero-order valence-corrected chi connectivity index (χ0v) is 10.7. The maximum atomic E-state index is 11.8. The molecule has 0 radical (unpaired) electrons. The van der Waals surface area contributed by atoms with Crippen molar-refractivity contribution >= 4 is 27.5 Å². The van der Waals surface area contributed by atoms with Crippen molar-refractivity contribution in [3.05, 3.63) is 52.5 Å². The van der Waals surface area contributed by atoms with Crippen LogP contribution in [-0.2, 0) is 0 Å². The van der Waals surface area contributed by atoms with E-state index in [1.165, 1.54) is 0 Å². The molecule has 2 heterocycles. The number of carbonyl (C=O) groups is 1. The van der Waals surface area contributed by atoms with Crippen molar-refractivity contribution in [2.24, 2.45) is 0 Å². The molecule has 0 aliphatic heterocycles. The zero-order chi connectivity index (χ0) is 12.3. The van der Waals surface area contributed by atoms with E-state index < -0.39 is 0 Å². The van der Waals surface area contributed by atoms with E-state index in [-0.39, 0.29) is 5.91 Å². The van der Waals surface area contributed by atoms with Gasteiger partial charge in [0.15, 0.2) is 0 Å². The van der Waals surface area contributed by atoms with Gasteiger partial charge in [0.05, 0.1) is 11.4 Å². The molecular weight excluding hydrogens is 282 g/mol. The van der Waals surface area contributed by atoms with Crippen LogP contribution in [-0.4, -0.2) is 15.9 Å². The maximum Gasteiger partial charge on any atom is 0.274 e. The molecule has 1 N–H and O–H groups in total. The van der Waals surface area contributed by atoms with Crippen molar-refractivity contribution in [3.63, 3.8) is 0 Å². The van der Waals surface area contributed by atoms with Gasteiger partial charge in [0.25, 0.3) is 5.91 Å². The molecule has 0 saturated heterocycles. The number of pyridine rings is 2. The Morgan fingerprint density at radius 3 is 2.76 bits per heavy atom. The van der Waals surface area contributed by atoms with E-state index in [1.54, 1.807) is 36.5 Å². The number of hydrogen-bond donors (Lipinski definition) is 1. The first-order chi connectivity index (χ1) is 8.16. The van der Waals surface area contributed by atoms with Gasteiger partial charge in [-0.2, -0.15) is 0 Å². The molecule has 5 heteroatoms. The average molecular weight is 292 g/mol. The van der Waals surface area contributed by atoms with Crippen LogP contribution in [0.15, 0.2) is 41.1 Å². The molecule has 0 spiro atoms. The van der Waals surface area contributed by atoms with Crippen molar-refractivity contribution in [2.75, 3.05) is 5.32 Å². The Morgan fingerprint density at radius 2 is 2.12 bits per heavy atom. The topological polar surface area (TPSA) is 54.9 Å². The number of amides is 1. The number of carbonyl (C=O) groups excluding carboxylic acids is 1. The first kappa shape index (κ1) is 11.7. The smallest absolute Gasteiger partial charge is 0.274 e. The zero-order valence-electron chi connectivity index (χ0n) is 9.14. The molecule has 4 nitrogen and oxygen atoms in total. The Kier molecular flexibility index (Phi) is 3.49. The second-order valence-electron chi connectivity index (χ2n) is 3.44. The fourth-order valence-electron chi connectivity index (χ4n) is 1.35. The van der Waals surface area contributed by atoms with Crippen LogP contribution >= 0.6 is 15.9 Å². The number of rotatable bonds is 2. The van der Waals surface area contributed by atoms with Gasteiger partial charge in [-0.1, -0.05) is 6.07 Å². The molecule has 0 aliphatic rings. The quantitative estimate of drug-likeness (QED) is 0.866. The summed E-state index contributed by atoms with van der Waals surface area (Å²) in [6.07, 6.45) is 1.58. The van der Waals surface area contributed by atoms with Crippen LogP contribution in [0.3, 0.4) is 0 Å². The van der Waals surface area contributed by atoms with E-state index in [2.05, 4.69) is 31.2 Å². The summed E-state index contributed by atoms with van der Waals surface area (Å²) >= 11 is 3.27. The van der Waals surface area contributed by atoms with Gasteiger partial charge >= 0.3 is 0 Å². The molecule has 0 aromatic carbocycles. The van der Waals surface area contributed by atoms with Crippen LogP contribution in [0.2, 0.25) is 0 Å². The second-order valence-corrected chi connectivity index (χ2v) is 4.25. The predicted molar refractivity (Wildman–Crippen MR) is 68.9 cm³/mol. The molecule has 0 saturated carbocycles. The lowest BCUT2D eigenvalue weighted by molar-refractivity contribution is 0.102. The number of halogens is 1. The summed E-state index contributed by atoms with van der Waals surface area (Å²) in [6.45, 7) is 1.83. The first-order valence-corrected chi connectivity index (χ1v) is 5.81. The molecule has 86 valence electrons. The SMILES string of the molecule is Cc1nc(Br)ccc1NC(=O)c1ccccn1. The van der Waals surface area contributed by atoms with Gasteiger partial charge in [-0.05, 0) is 47.1 Å². The van der Waals surface area contributed by atoms with E-state index in [0.717, 1.165) is 10.3 Å². The molecule has 2 aromatic heterocycles. The highest BCUT2D eigenvalue weighted by Gasteiger charge is 2.08. The Bertz CT molecular complexity index is 543. The van der Waals surface area contributed by atoms with Crippen LogP contribution in [0.1, 0.15) is 16.2 Å². The fraction of sp³-hybridized carbons (Fsp3) is 0.0833. The monoisotopic (exact) mass is 291 g/mol. The van der Waals surface area contributed by atoms with Gasteiger partial charge in [-0.25, -0.2) is 4.98 Å². The molecule has 0 atom stereocenters. The minimum atomic E-state index is -0.238. The van der Waals surface area contributed by atoms with Gasteiger partial charge in [-0.15, -0.1) is 0 Å². The lowest BCUT2D eigenvalue weighted by Crippen LogP contribution is -2.14. The normalized spacial score (nSPS) is 10.0. The molecule has 2 rings (SSSR count). The van der Waals surface area contributed by atoms with E-state index in [9.17, 15) is 4.79 Å². The third kappa shape index (κ3) is 2.88. The van der Waals surface area contributed by atoms with Gasteiger partial charge in [0, 0.05) is 6.20 Å². The van der Waals surface area contributed by atoms with E-state index in [1.807, 2.05) is 6.92 Å². The standard InChI is InChI=1S/C12H10BrN3O/c1-8-9(5-6-11(13)15-8)16-12(17)10-4-2-3-7-14-10/h2-7H,1H3,(H,16,17). The molecule has 0 fully saturated rings. The van der Waals surface area contributed by atoms with E-state index in [0.29, 0.717) is 11.4 Å². The minimum Gasteiger partial charge on any atom is -0.319 e. The van der Waals surface area contributed by atoms with Crippen LogP contribution in [0.25, 0.3) is 0 Å². The summed E-state index contributed by atoms with van der Waals surface area (Å²) in [5.74, 6) is -0.238. The fourth-order valence-corrected chi connectivity index (χ4v) is 1.74. The van der Waals surface area contributed by atoms with Crippen LogP contribution in [0.5, 0.6) is 0 Å². The Balaban J connectivity index is 2.19. The van der Waals surface area contributed by atoms with Crippen LogP contribution in [0, 0.1) is 6.92 Å². The van der Waals surface area contributed by atoms with Crippen molar-refractivity contribution in [3.8, 4) is 0 Å². The average Bonchev–Trinajstić information content (AvgIpc) is 2.34. The number of aryl methyl sites for hydroxylation is 1. The number of anilines is 1. The van der Waals surface area contributed by atoms with E-state index >= 15 is 0 Å². The summed E-state index contributed by atoms with van der Waals surface area (Å²) in [5.41, 5.74) is 1.82. The predicted octanol–water partition coefficient (Wildman–Crippen LogP) is 2.80. The van der Waals surface area contributed by atoms with Crippen LogP contribution < -0.4 is 5.32 Å². The lowest BCUT2D eigenvalue weighted by Gasteiger charge is -2.07. The summed E-state index contributed by atoms with van der Waals surface area (Å²) in [5, 5.41) is 2.77. The Labute approximate surface area is 107 Å². The second kappa shape index (κ2) is 5.05. The van der Waals surface area contributed by atoms with Gasteiger partial charge in [0.1, 0.15) is 10.3 Å². The molecule has 17 heavy (non-hydrogen) atoms. The van der Waals surface area contributed by atoms with E-state index in [4.69, 9.17) is 0 Å². The molecular formula is C12H10BrN3O. The number of aromatic nitrogens is 2. The third-order valence-electron chi connectivity index (χ3n) is 2.20. The number of nitrogens with one attached hydrogen (secondary N) is 1.